The van der Waals surface area contributed by atoms with Gasteiger partial charge in [0, 0.05) is 18.6 Å². The molecule has 6 nitrogen and oxygen atoms in total. The van der Waals surface area contributed by atoms with Gasteiger partial charge in [-0.1, -0.05) is 15.9 Å². The number of carbonyl (C=O) groups excluding carboxylic acids is 3. The Morgan fingerprint density at radius 1 is 1.37 bits per heavy atom. The molecule has 3 amide bonds. The van der Waals surface area contributed by atoms with Gasteiger partial charge < -0.3 is 4.74 Å². The van der Waals surface area contributed by atoms with E-state index in [1.807, 2.05) is 0 Å². The molecular weight excluding hydrogens is 316 g/mol. The number of hydrogen-bond acceptors (Lipinski definition) is 4. The SMILES string of the molecule is CN1C(=O)/C(=C/Br)N(CCC(=O)OC(C)(C)C)C1=O. The Kier molecular flexibility index (Phi) is 4.73. The standard InChI is InChI=1S/C12H17BrN2O4/c1-12(2,3)19-9(16)5-6-15-8(7-13)10(17)14(4)11(15)18/h7H,5-6H2,1-4H3/b8-7-. The molecule has 1 aliphatic rings. The molecule has 0 atom stereocenters. The van der Waals surface area contributed by atoms with E-state index in [0.29, 0.717) is 0 Å². The molecule has 0 spiro atoms. The number of imide groups is 1. The summed E-state index contributed by atoms with van der Waals surface area (Å²) in [5, 5.41) is 0. The average Bonchev–Trinajstić information content (AvgIpc) is 2.48. The summed E-state index contributed by atoms with van der Waals surface area (Å²) < 4.78 is 5.15. The number of nitrogens with zero attached hydrogens (tertiary/aromatic N) is 2. The Labute approximate surface area is 120 Å². The molecule has 0 radical (unpaired) electrons. The Morgan fingerprint density at radius 3 is 2.42 bits per heavy atom. The van der Waals surface area contributed by atoms with Gasteiger partial charge in [-0.3, -0.25) is 19.4 Å². The number of amides is 3. The van der Waals surface area contributed by atoms with Gasteiger partial charge in [0.15, 0.2) is 0 Å². The summed E-state index contributed by atoms with van der Waals surface area (Å²) in [6.45, 7) is 5.42. The van der Waals surface area contributed by atoms with Gasteiger partial charge in [0.25, 0.3) is 5.91 Å². The third-order valence-electron chi connectivity index (χ3n) is 2.40. The Hall–Kier alpha value is -1.37. The summed E-state index contributed by atoms with van der Waals surface area (Å²) in [6.07, 6.45) is 0.0362. The van der Waals surface area contributed by atoms with Crippen molar-refractivity contribution in [1.82, 2.24) is 9.80 Å². The van der Waals surface area contributed by atoms with Crippen molar-refractivity contribution in [1.29, 1.82) is 0 Å². The smallest absolute Gasteiger partial charge is 0.331 e. The van der Waals surface area contributed by atoms with Gasteiger partial charge >= 0.3 is 12.0 Å². The van der Waals surface area contributed by atoms with E-state index < -0.39 is 23.5 Å². The molecule has 7 heteroatoms. The first kappa shape index (κ1) is 15.7. The van der Waals surface area contributed by atoms with Crippen LogP contribution in [0, 0.1) is 0 Å². The molecule has 1 fully saturated rings. The number of hydrogen-bond donors (Lipinski definition) is 0. The number of esters is 1. The van der Waals surface area contributed by atoms with E-state index in [0.717, 1.165) is 4.90 Å². The molecule has 0 aromatic carbocycles. The molecule has 0 unspecified atom stereocenters. The lowest BCUT2D eigenvalue weighted by atomic mass is 10.2. The van der Waals surface area contributed by atoms with Crippen molar-refractivity contribution in [3.63, 3.8) is 0 Å². The summed E-state index contributed by atoms with van der Waals surface area (Å²) in [5.41, 5.74) is -0.344. The lowest BCUT2D eigenvalue weighted by Crippen LogP contribution is -2.32. The van der Waals surface area contributed by atoms with E-state index in [2.05, 4.69) is 15.9 Å². The Bertz CT molecular complexity index is 440. The molecule has 0 bridgehead atoms. The molecular formula is C12H17BrN2O4. The zero-order valence-electron chi connectivity index (χ0n) is 11.4. The van der Waals surface area contributed by atoms with Gasteiger partial charge in [-0.15, -0.1) is 0 Å². The average molecular weight is 333 g/mol. The predicted octanol–water partition coefficient (Wildman–Crippen LogP) is 1.85. The van der Waals surface area contributed by atoms with Crippen LogP contribution in [0.2, 0.25) is 0 Å². The first-order valence-electron chi connectivity index (χ1n) is 5.79. The predicted molar refractivity (Wildman–Crippen MR) is 72.3 cm³/mol. The van der Waals surface area contributed by atoms with Crippen LogP contribution in [0.3, 0.4) is 0 Å². The molecule has 0 saturated carbocycles. The van der Waals surface area contributed by atoms with Crippen molar-refractivity contribution in [3.8, 4) is 0 Å². The number of urea groups is 1. The molecule has 0 N–H and O–H groups in total. The zero-order valence-corrected chi connectivity index (χ0v) is 13.0. The molecule has 1 rings (SSSR count). The number of rotatable bonds is 3. The molecule has 106 valence electrons. The van der Waals surface area contributed by atoms with Gasteiger partial charge in [0.2, 0.25) is 0 Å². The van der Waals surface area contributed by atoms with Crippen molar-refractivity contribution in [3.05, 3.63) is 10.7 Å². The van der Waals surface area contributed by atoms with E-state index >= 15 is 0 Å². The minimum Gasteiger partial charge on any atom is -0.460 e. The fourth-order valence-corrected chi connectivity index (χ4v) is 2.02. The third kappa shape index (κ3) is 3.79. The van der Waals surface area contributed by atoms with Crippen LogP contribution in [-0.2, 0) is 14.3 Å². The fourth-order valence-electron chi connectivity index (χ4n) is 1.58. The van der Waals surface area contributed by atoms with Crippen LogP contribution in [-0.4, -0.2) is 46.9 Å². The highest BCUT2D eigenvalue weighted by molar-refractivity contribution is 9.11. The highest BCUT2D eigenvalue weighted by atomic mass is 79.9. The first-order valence-corrected chi connectivity index (χ1v) is 6.70. The number of likely N-dealkylation sites (N-methyl/N-ethyl adjacent to an activating group) is 1. The second-order valence-electron chi connectivity index (χ2n) is 5.13. The molecule has 19 heavy (non-hydrogen) atoms. The topological polar surface area (TPSA) is 66.9 Å². The second-order valence-corrected chi connectivity index (χ2v) is 5.59. The van der Waals surface area contributed by atoms with E-state index in [-0.39, 0.29) is 18.7 Å². The zero-order chi connectivity index (χ0) is 14.8. The molecule has 1 saturated heterocycles. The first-order chi connectivity index (χ1) is 8.67. The van der Waals surface area contributed by atoms with Crippen molar-refractivity contribution in [2.45, 2.75) is 32.8 Å². The highest BCUT2D eigenvalue weighted by Crippen LogP contribution is 2.21. The van der Waals surface area contributed by atoms with Crippen LogP contribution in [0.25, 0.3) is 0 Å². The molecule has 1 aliphatic heterocycles. The summed E-state index contributed by atoms with van der Waals surface area (Å²) in [4.78, 5) is 38.7. The van der Waals surface area contributed by atoms with Gasteiger partial charge in [-0.05, 0) is 20.8 Å². The van der Waals surface area contributed by atoms with Crippen molar-refractivity contribution >= 4 is 33.8 Å². The maximum Gasteiger partial charge on any atom is 0.331 e. The number of carbonyl (C=O) groups is 3. The quantitative estimate of drug-likeness (QED) is 0.449. The van der Waals surface area contributed by atoms with E-state index in [1.165, 1.54) is 16.9 Å². The van der Waals surface area contributed by atoms with E-state index in [1.54, 1.807) is 20.8 Å². The Morgan fingerprint density at radius 2 is 1.95 bits per heavy atom. The summed E-state index contributed by atoms with van der Waals surface area (Å²) in [6, 6.07) is -0.445. The molecule has 1 heterocycles. The summed E-state index contributed by atoms with van der Waals surface area (Å²) in [7, 11) is 1.40. The van der Waals surface area contributed by atoms with E-state index in [4.69, 9.17) is 4.74 Å². The van der Waals surface area contributed by atoms with Gasteiger partial charge in [0.1, 0.15) is 11.3 Å². The van der Waals surface area contributed by atoms with Gasteiger partial charge in [-0.25, -0.2) is 4.79 Å². The minimum absolute atomic E-state index is 0.0362. The largest absolute Gasteiger partial charge is 0.460 e. The molecule has 0 aliphatic carbocycles. The van der Waals surface area contributed by atoms with Crippen molar-refractivity contribution < 1.29 is 19.1 Å². The monoisotopic (exact) mass is 332 g/mol. The molecule has 0 aromatic heterocycles. The van der Waals surface area contributed by atoms with Crippen molar-refractivity contribution in [2.24, 2.45) is 0 Å². The summed E-state index contributed by atoms with van der Waals surface area (Å²) in [5.74, 6) is -0.803. The highest BCUT2D eigenvalue weighted by Gasteiger charge is 2.38. The van der Waals surface area contributed by atoms with Crippen LogP contribution < -0.4 is 0 Å². The van der Waals surface area contributed by atoms with Crippen LogP contribution >= 0.6 is 15.9 Å². The van der Waals surface area contributed by atoms with Crippen molar-refractivity contribution in [2.75, 3.05) is 13.6 Å². The van der Waals surface area contributed by atoms with Crippen LogP contribution in [0.5, 0.6) is 0 Å². The van der Waals surface area contributed by atoms with E-state index in [9.17, 15) is 14.4 Å². The van der Waals surface area contributed by atoms with Gasteiger partial charge in [-0.2, -0.15) is 0 Å². The minimum atomic E-state index is -0.563. The molecule has 0 aromatic rings. The summed E-state index contributed by atoms with van der Waals surface area (Å²) >= 11 is 3.05. The van der Waals surface area contributed by atoms with Crippen LogP contribution in [0.15, 0.2) is 10.7 Å². The maximum atomic E-state index is 11.8. The van der Waals surface area contributed by atoms with Crippen LogP contribution in [0.1, 0.15) is 27.2 Å². The lowest BCUT2D eigenvalue weighted by molar-refractivity contribution is -0.154. The lowest BCUT2D eigenvalue weighted by Gasteiger charge is -2.21. The maximum absolute atomic E-state index is 11.8. The second kappa shape index (κ2) is 5.73. The normalized spacial score (nSPS) is 18.5. The number of halogens is 1. The van der Waals surface area contributed by atoms with Crippen LogP contribution in [0.4, 0.5) is 4.79 Å². The third-order valence-corrected chi connectivity index (χ3v) is 2.83. The Balaban J connectivity index is 2.65. The number of ether oxygens (including phenoxy) is 1. The van der Waals surface area contributed by atoms with Gasteiger partial charge in [0.05, 0.1) is 6.42 Å². The fraction of sp³-hybridized carbons (Fsp3) is 0.583.